The molecule has 0 bridgehead atoms. The second-order valence-electron chi connectivity index (χ2n) is 2.23. The number of nitrogen functional groups attached to an aromatic ring is 1. The van der Waals surface area contributed by atoms with Gasteiger partial charge in [0.05, 0.1) is 13.4 Å². The summed E-state index contributed by atoms with van der Waals surface area (Å²) in [7, 11) is 1.48. The molecule has 2 aromatic rings. The number of anilines is 1. The van der Waals surface area contributed by atoms with Gasteiger partial charge in [-0.3, -0.25) is 0 Å². The number of ether oxygens (including phenoxy) is 1. The summed E-state index contributed by atoms with van der Waals surface area (Å²) in [4.78, 5) is 7.98. The van der Waals surface area contributed by atoms with Gasteiger partial charge in [-0.25, -0.2) is 4.98 Å². The maximum Gasteiger partial charge on any atom is 0.260 e. The fraction of sp³-hybridized carbons (Fsp3) is 0.143. The molecule has 5 heteroatoms. The predicted molar refractivity (Wildman–Crippen MR) is 42.8 cm³/mol. The molecule has 2 N–H and O–H groups in total. The van der Waals surface area contributed by atoms with Crippen LogP contribution in [0.1, 0.15) is 0 Å². The van der Waals surface area contributed by atoms with Crippen LogP contribution < -0.4 is 10.5 Å². The second kappa shape index (κ2) is 2.37. The molecule has 0 saturated heterocycles. The molecule has 62 valence electrons. The molecule has 0 aliphatic rings. The van der Waals surface area contributed by atoms with Crippen molar-refractivity contribution in [3.63, 3.8) is 0 Å². The van der Waals surface area contributed by atoms with Crippen molar-refractivity contribution in [3.8, 4) is 5.88 Å². The fourth-order valence-corrected chi connectivity index (χ4v) is 0.941. The first-order valence-corrected chi connectivity index (χ1v) is 3.36. The molecular formula is C7H7N3O2. The third-order valence-electron chi connectivity index (χ3n) is 1.48. The van der Waals surface area contributed by atoms with Crippen LogP contribution in [0.25, 0.3) is 11.2 Å². The SMILES string of the molecule is COc1nc2occc2nc1N. The lowest BCUT2D eigenvalue weighted by atomic mass is 10.5. The number of aromatic nitrogens is 2. The van der Waals surface area contributed by atoms with Crippen molar-refractivity contribution >= 4 is 17.0 Å². The van der Waals surface area contributed by atoms with Crippen molar-refractivity contribution in [1.82, 2.24) is 9.97 Å². The third kappa shape index (κ3) is 0.868. The quantitative estimate of drug-likeness (QED) is 0.676. The Balaban J connectivity index is 2.73. The molecule has 2 rings (SSSR count). The highest BCUT2D eigenvalue weighted by Crippen LogP contribution is 2.20. The van der Waals surface area contributed by atoms with Gasteiger partial charge in [0.1, 0.15) is 5.52 Å². The maximum absolute atomic E-state index is 5.52. The lowest BCUT2D eigenvalue weighted by molar-refractivity contribution is 0.397. The standard InChI is InChI=1S/C7H7N3O2/c1-11-7-5(8)9-4-2-3-12-6(4)10-7/h2-3H,1H3,(H2,8,9). The Morgan fingerprint density at radius 3 is 3.08 bits per heavy atom. The van der Waals surface area contributed by atoms with Crippen LogP contribution in [0.2, 0.25) is 0 Å². The molecule has 12 heavy (non-hydrogen) atoms. The number of rotatable bonds is 1. The van der Waals surface area contributed by atoms with E-state index in [1.54, 1.807) is 6.07 Å². The summed E-state index contributed by atoms with van der Waals surface area (Å²) in [6.07, 6.45) is 1.50. The molecule has 0 spiro atoms. The number of nitrogens with two attached hydrogens (primary N) is 1. The van der Waals surface area contributed by atoms with Gasteiger partial charge in [-0.05, 0) is 0 Å². The molecule has 0 saturated carbocycles. The average Bonchev–Trinajstić information content (AvgIpc) is 2.49. The molecular weight excluding hydrogens is 158 g/mol. The van der Waals surface area contributed by atoms with E-state index >= 15 is 0 Å². The van der Waals surface area contributed by atoms with Gasteiger partial charge >= 0.3 is 0 Å². The highest BCUT2D eigenvalue weighted by atomic mass is 16.5. The lowest BCUT2D eigenvalue weighted by Gasteiger charge is -1.99. The molecule has 0 fully saturated rings. The van der Waals surface area contributed by atoms with Crippen LogP contribution in [0.5, 0.6) is 5.88 Å². The number of furan rings is 1. The Kier molecular flexibility index (Phi) is 1.36. The number of fused-ring (bicyclic) bond motifs is 1. The van der Waals surface area contributed by atoms with Crippen LogP contribution in [-0.4, -0.2) is 17.1 Å². The zero-order valence-corrected chi connectivity index (χ0v) is 6.44. The van der Waals surface area contributed by atoms with Gasteiger partial charge in [0.25, 0.3) is 5.88 Å². The van der Waals surface area contributed by atoms with Crippen molar-refractivity contribution in [2.45, 2.75) is 0 Å². The van der Waals surface area contributed by atoms with E-state index in [1.807, 2.05) is 0 Å². The zero-order valence-electron chi connectivity index (χ0n) is 6.44. The van der Waals surface area contributed by atoms with Crippen LogP contribution in [0.3, 0.4) is 0 Å². The summed E-state index contributed by atoms with van der Waals surface area (Å²) in [6, 6.07) is 1.69. The van der Waals surface area contributed by atoms with Crippen LogP contribution in [0, 0.1) is 0 Å². The molecule has 0 aliphatic carbocycles. The van der Waals surface area contributed by atoms with E-state index in [2.05, 4.69) is 9.97 Å². The van der Waals surface area contributed by atoms with Gasteiger partial charge in [-0.15, -0.1) is 0 Å². The Bertz CT molecular complexity index is 410. The molecule has 2 aromatic heterocycles. The topological polar surface area (TPSA) is 74.2 Å². The van der Waals surface area contributed by atoms with Crippen LogP contribution in [-0.2, 0) is 0 Å². The summed E-state index contributed by atoms with van der Waals surface area (Å²) in [6.45, 7) is 0. The van der Waals surface area contributed by atoms with E-state index in [1.165, 1.54) is 13.4 Å². The summed E-state index contributed by atoms with van der Waals surface area (Å²) in [5.41, 5.74) is 6.58. The summed E-state index contributed by atoms with van der Waals surface area (Å²) in [5, 5.41) is 0. The Labute approximate surface area is 68.2 Å². The lowest BCUT2D eigenvalue weighted by Crippen LogP contribution is -1.97. The summed E-state index contributed by atoms with van der Waals surface area (Å²) in [5.74, 6) is 0.559. The number of hydrogen-bond acceptors (Lipinski definition) is 5. The number of nitrogens with zero attached hydrogens (tertiary/aromatic N) is 2. The van der Waals surface area contributed by atoms with E-state index in [9.17, 15) is 0 Å². The van der Waals surface area contributed by atoms with Crippen LogP contribution >= 0.6 is 0 Å². The third-order valence-corrected chi connectivity index (χ3v) is 1.48. The zero-order chi connectivity index (χ0) is 8.55. The molecule has 0 atom stereocenters. The maximum atomic E-state index is 5.52. The van der Waals surface area contributed by atoms with Crippen LogP contribution in [0.15, 0.2) is 16.7 Å². The first-order valence-electron chi connectivity index (χ1n) is 3.36. The Hall–Kier alpha value is -1.78. The van der Waals surface area contributed by atoms with Crippen molar-refractivity contribution in [3.05, 3.63) is 12.3 Å². The van der Waals surface area contributed by atoms with Crippen molar-refractivity contribution in [2.24, 2.45) is 0 Å². The second-order valence-corrected chi connectivity index (χ2v) is 2.23. The normalized spacial score (nSPS) is 10.4. The highest BCUT2D eigenvalue weighted by Gasteiger charge is 2.06. The molecule has 0 unspecified atom stereocenters. The van der Waals surface area contributed by atoms with Gasteiger partial charge < -0.3 is 14.9 Å². The molecule has 5 nitrogen and oxygen atoms in total. The minimum atomic E-state index is 0.270. The van der Waals surface area contributed by atoms with E-state index in [-0.39, 0.29) is 11.7 Å². The molecule has 2 heterocycles. The molecule has 0 radical (unpaired) electrons. The largest absolute Gasteiger partial charge is 0.478 e. The Morgan fingerprint density at radius 1 is 1.50 bits per heavy atom. The molecule has 0 aromatic carbocycles. The van der Waals surface area contributed by atoms with Gasteiger partial charge in [0.2, 0.25) is 5.71 Å². The highest BCUT2D eigenvalue weighted by molar-refractivity contribution is 5.71. The van der Waals surface area contributed by atoms with E-state index in [0.29, 0.717) is 11.2 Å². The predicted octanol–water partition coefficient (Wildman–Crippen LogP) is 0.814. The fourth-order valence-electron chi connectivity index (χ4n) is 0.941. The molecule has 0 amide bonds. The minimum Gasteiger partial charge on any atom is -0.478 e. The van der Waals surface area contributed by atoms with Gasteiger partial charge in [-0.1, -0.05) is 0 Å². The van der Waals surface area contributed by atoms with E-state index in [4.69, 9.17) is 14.9 Å². The first-order chi connectivity index (χ1) is 5.81. The summed E-state index contributed by atoms with van der Waals surface area (Å²) >= 11 is 0. The van der Waals surface area contributed by atoms with Crippen molar-refractivity contribution in [1.29, 1.82) is 0 Å². The van der Waals surface area contributed by atoms with E-state index < -0.39 is 0 Å². The molecule has 0 aliphatic heterocycles. The number of methoxy groups -OCH3 is 1. The van der Waals surface area contributed by atoms with E-state index in [0.717, 1.165) is 0 Å². The van der Waals surface area contributed by atoms with Crippen molar-refractivity contribution in [2.75, 3.05) is 12.8 Å². The average molecular weight is 165 g/mol. The first kappa shape index (κ1) is 6.90. The van der Waals surface area contributed by atoms with Crippen LogP contribution in [0.4, 0.5) is 5.82 Å². The Morgan fingerprint density at radius 2 is 2.33 bits per heavy atom. The van der Waals surface area contributed by atoms with Crippen molar-refractivity contribution < 1.29 is 9.15 Å². The monoisotopic (exact) mass is 165 g/mol. The smallest absolute Gasteiger partial charge is 0.260 e. The van der Waals surface area contributed by atoms with Gasteiger partial charge in [0.15, 0.2) is 5.82 Å². The van der Waals surface area contributed by atoms with Gasteiger partial charge in [-0.2, -0.15) is 4.98 Å². The summed E-state index contributed by atoms with van der Waals surface area (Å²) < 4.78 is 9.87. The number of hydrogen-bond donors (Lipinski definition) is 1. The minimum absolute atomic E-state index is 0.270. The van der Waals surface area contributed by atoms with Gasteiger partial charge in [0, 0.05) is 6.07 Å².